The first-order chi connectivity index (χ1) is 11.5. The van der Waals surface area contributed by atoms with Gasteiger partial charge in [-0.15, -0.1) is 0 Å². The van der Waals surface area contributed by atoms with Gasteiger partial charge in [0.05, 0.1) is 36.9 Å². The first-order valence-corrected chi connectivity index (χ1v) is 7.25. The van der Waals surface area contributed by atoms with Crippen LogP contribution in [-0.4, -0.2) is 52.2 Å². The molecule has 1 heterocycles. The van der Waals surface area contributed by atoms with E-state index in [2.05, 4.69) is 0 Å². The molecule has 1 aromatic carbocycles. The number of ether oxygens (including phenoxy) is 1. The van der Waals surface area contributed by atoms with Gasteiger partial charge in [-0.25, -0.2) is 0 Å². The molecule has 0 spiro atoms. The van der Waals surface area contributed by atoms with Crippen molar-refractivity contribution in [3.8, 4) is 0 Å². The van der Waals surface area contributed by atoms with E-state index >= 15 is 0 Å². The molecule has 10 heteroatoms. The molecule has 24 heavy (non-hydrogen) atoms. The fraction of sp³-hybridized carbons (Fsp3) is 0.500. The number of hydrogen-bond acceptors (Lipinski definition) is 8. The van der Waals surface area contributed by atoms with Crippen molar-refractivity contribution in [1.29, 1.82) is 0 Å². The summed E-state index contributed by atoms with van der Waals surface area (Å²) >= 11 is 0. The number of carboxylic acid groups (broad SMARTS) is 1. The first kappa shape index (κ1) is 18.2. The third kappa shape index (κ3) is 4.69. The third-order valence-electron chi connectivity index (χ3n) is 3.38. The molecule has 0 bridgehead atoms. The second-order valence-corrected chi connectivity index (χ2v) is 5.03. The van der Waals surface area contributed by atoms with Crippen molar-refractivity contribution in [3.05, 3.63) is 39.4 Å². The maximum absolute atomic E-state index is 11.2. The van der Waals surface area contributed by atoms with Gasteiger partial charge in [0.1, 0.15) is 0 Å². The summed E-state index contributed by atoms with van der Waals surface area (Å²) in [7, 11) is 0. The molecule has 1 atom stereocenters. The molecule has 1 saturated heterocycles. The standard InChI is InChI=1S/C14H18N2O8/c17-8-11-2-1-10(7-13(11)15(20)21)9-22-4-3-12(14(18)19)16-23-5-6-24-16/h1-2,7,12,17H,3-6,8-9H2,(H,18,19). The molecule has 2 rings (SSSR count). The second kappa shape index (κ2) is 8.66. The van der Waals surface area contributed by atoms with Crippen molar-refractivity contribution in [2.75, 3.05) is 19.8 Å². The normalized spacial score (nSPS) is 16.2. The minimum Gasteiger partial charge on any atom is -0.480 e. The molecular weight excluding hydrogens is 324 g/mol. The molecule has 0 radical (unpaired) electrons. The zero-order valence-electron chi connectivity index (χ0n) is 12.8. The average Bonchev–Trinajstić information content (AvgIpc) is 3.08. The summed E-state index contributed by atoms with van der Waals surface area (Å²) in [5.74, 6) is -1.09. The van der Waals surface area contributed by atoms with Gasteiger partial charge in [0.2, 0.25) is 0 Å². The third-order valence-corrected chi connectivity index (χ3v) is 3.38. The van der Waals surface area contributed by atoms with E-state index in [-0.39, 0.29) is 30.9 Å². The van der Waals surface area contributed by atoms with Crippen LogP contribution in [-0.2, 0) is 32.4 Å². The number of aliphatic hydroxyl groups is 1. The lowest BCUT2D eigenvalue weighted by atomic mass is 10.1. The van der Waals surface area contributed by atoms with Crippen LogP contribution in [0.15, 0.2) is 18.2 Å². The predicted octanol–water partition coefficient (Wildman–Crippen LogP) is 0.626. The molecule has 1 fully saturated rings. The number of hydroxylamine groups is 2. The van der Waals surface area contributed by atoms with E-state index in [0.717, 1.165) is 5.23 Å². The minimum absolute atomic E-state index is 0.0839. The number of carbonyl (C=O) groups is 1. The molecule has 0 amide bonds. The molecule has 132 valence electrons. The van der Waals surface area contributed by atoms with Crippen LogP contribution < -0.4 is 0 Å². The highest BCUT2D eigenvalue weighted by Gasteiger charge is 2.30. The zero-order chi connectivity index (χ0) is 17.5. The molecule has 0 aliphatic carbocycles. The van der Waals surface area contributed by atoms with Gasteiger partial charge in [-0.1, -0.05) is 11.3 Å². The molecule has 1 aromatic rings. The Balaban J connectivity index is 1.86. The lowest BCUT2D eigenvalue weighted by molar-refractivity contribution is -0.385. The maximum atomic E-state index is 11.2. The first-order valence-electron chi connectivity index (χ1n) is 7.25. The maximum Gasteiger partial charge on any atom is 0.326 e. The molecule has 10 nitrogen and oxygen atoms in total. The molecular formula is C14H18N2O8. The number of rotatable bonds is 9. The summed E-state index contributed by atoms with van der Waals surface area (Å²) in [5.41, 5.74) is 0.596. The molecule has 0 aromatic heterocycles. The van der Waals surface area contributed by atoms with Crippen molar-refractivity contribution in [2.24, 2.45) is 0 Å². The van der Waals surface area contributed by atoms with Crippen LogP contribution in [0.2, 0.25) is 0 Å². The van der Waals surface area contributed by atoms with Crippen molar-refractivity contribution in [1.82, 2.24) is 5.23 Å². The van der Waals surface area contributed by atoms with Crippen molar-refractivity contribution >= 4 is 11.7 Å². The summed E-state index contributed by atoms with van der Waals surface area (Å²) in [5, 5.41) is 30.1. The van der Waals surface area contributed by atoms with Crippen LogP contribution in [0, 0.1) is 10.1 Å². The van der Waals surface area contributed by atoms with Gasteiger partial charge in [-0.3, -0.25) is 24.6 Å². The van der Waals surface area contributed by atoms with Gasteiger partial charge in [0, 0.05) is 19.1 Å². The molecule has 1 aliphatic heterocycles. The number of nitro groups is 1. The highest BCUT2D eigenvalue weighted by molar-refractivity contribution is 5.73. The molecule has 1 unspecified atom stereocenters. The SMILES string of the molecule is O=C(O)C(CCOCc1ccc(CO)c([N+](=O)[O-])c1)N1OCCO1. The Morgan fingerprint density at radius 3 is 2.71 bits per heavy atom. The monoisotopic (exact) mass is 342 g/mol. The lowest BCUT2D eigenvalue weighted by Gasteiger charge is -2.20. The van der Waals surface area contributed by atoms with Gasteiger partial charge in [0.25, 0.3) is 5.69 Å². The zero-order valence-corrected chi connectivity index (χ0v) is 12.8. The Labute approximate surface area is 137 Å². The molecule has 2 N–H and O–H groups in total. The van der Waals surface area contributed by atoms with Crippen molar-refractivity contribution in [3.63, 3.8) is 0 Å². The lowest BCUT2D eigenvalue weighted by Crippen LogP contribution is -2.38. The summed E-state index contributed by atoms with van der Waals surface area (Å²) < 4.78 is 5.38. The van der Waals surface area contributed by atoms with Crippen LogP contribution in [0.4, 0.5) is 5.69 Å². The number of nitro benzene ring substituents is 1. The van der Waals surface area contributed by atoms with Gasteiger partial charge in [0.15, 0.2) is 6.04 Å². The van der Waals surface area contributed by atoms with E-state index in [1.807, 2.05) is 0 Å². The summed E-state index contributed by atoms with van der Waals surface area (Å²) in [6.07, 6.45) is 0.131. The van der Waals surface area contributed by atoms with E-state index in [4.69, 9.17) is 24.6 Å². The van der Waals surface area contributed by atoms with Gasteiger partial charge in [-0.05, 0) is 11.6 Å². The highest BCUT2D eigenvalue weighted by Crippen LogP contribution is 2.21. The van der Waals surface area contributed by atoms with Crippen LogP contribution >= 0.6 is 0 Å². The minimum atomic E-state index is -1.09. The molecule has 1 aliphatic rings. The Bertz CT molecular complexity index is 588. The molecule has 0 saturated carbocycles. The quantitative estimate of drug-likeness (QED) is 0.376. The Morgan fingerprint density at radius 2 is 2.12 bits per heavy atom. The Kier molecular flexibility index (Phi) is 6.58. The smallest absolute Gasteiger partial charge is 0.326 e. The van der Waals surface area contributed by atoms with E-state index in [0.29, 0.717) is 18.8 Å². The Hall–Kier alpha value is -2.11. The van der Waals surface area contributed by atoms with Gasteiger partial charge in [-0.2, -0.15) is 0 Å². The van der Waals surface area contributed by atoms with Crippen LogP contribution in [0.1, 0.15) is 17.5 Å². The number of aliphatic carboxylic acids is 1. The average molecular weight is 342 g/mol. The Morgan fingerprint density at radius 1 is 1.42 bits per heavy atom. The fourth-order valence-electron chi connectivity index (χ4n) is 2.18. The van der Waals surface area contributed by atoms with Crippen LogP contribution in [0.25, 0.3) is 0 Å². The fourth-order valence-corrected chi connectivity index (χ4v) is 2.18. The van der Waals surface area contributed by atoms with Gasteiger partial charge < -0.3 is 14.9 Å². The van der Waals surface area contributed by atoms with Crippen LogP contribution in [0.3, 0.4) is 0 Å². The van der Waals surface area contributed by atoms with Gasteiger partial charge >= 0.3 is 5.97 Å². The van der Waals surface area contributed by atoms with Crippen molar-refractivity contribution in [2.45, 2.75) is 25.7 Å². The summed E-state index contributed by atoms with van der Waals surface area (Å²) in [6.45, 7) is 0.362. The number of aliphatic hydroxyl groups excluding tert-OH is 1. The van der Waals surface area contributed by atoms with E-state index in [1.165, 1.54) is 12.1 Å². The van der Waals surface area contributed by atoms with Crippen molar-refractivity contribution < 1.29 is 34.3 Å². The summed E-state index contributed by atoms with van der Waals surface area (Å²) in [4.78, 5) is 31.6. The summed E-state index contributed by atoms with van der Waals surface area (Å²) in [6, 6.07) is 3.41. The largest absolute Gasteiger partial charge is 0.480 e. The second-order valence-electron chi connectivity index (χ2n) is 5.03. The highest BCUT2D eigenvalue weighted by atomic mass is 17.0. The van der Waals surface area contributed by atoms with E-state index < -0.39 is 23.5 Å². The number of hydrogen-bond donors (Lipinski definition) is 2. The number of benzene rings is 1. The topological polar surface area (TPSA) is 132 Å². The number of nitrogens with zero attached hydrogens (tertiary/aromatic N) is 2. The van der Waals surface area contributed by atoms with Crippen LogP contribution in [0.5, 0.6) is 0 Å². The predicted molar refractivity (Wildman–Crippen MR) is 78.5 cm³/mol. The van der Waals surface area contributed by atoms with E-state index in [1.54, 1.807) is 6.07 Å². The number of carboxylic acids is 1. The van der Waals surface area contributed by atoms with E-state index in [9.17, 15) is 14.9 Å².